The Kier molecular flexibility index (Phi) is 4.88. The third-order valence-electron chi connectivity index (χ3n) is 1.06. The van der Waals surface area contributed by atoms with Gasteiger partial charge in [0.05, 0.1) is 13.2 Å². The molecule has 0 radical (unpaired) electrons. The maximum Gasteiger partial charge on any atom is 0.332 e. The molecule has 0 saturated heterocycles. The van der Waals surface area contributed by atoms with Crippen molar-refractivity contribution in [1.29, 1.82) is 0 Å². The van der Waals surface area contributed by atoms with Gasteiger partial charge in [-0.2, -0.15) is 0 Å². The Bertz CT molecular complexity index is 102. The first-order valence-electron chi connectivity index (χ1n) is 3.17. The zero-order valence-corrected chi connectivity index (χ0v) is 5.91. The fourth-order valence-electron chi connectivity index (χ4n) is 0.559. The molecule has 1 atom stereocenters. The Balaban J connectivity index is 3.50. The van der Waals surface area contributed by atoms with Gasteiger partial charge >= 0.3 is 5.97 Å². The van der Waals surface area contributed by atoms with E-state index in [1.54, 1.807) is 6.92 Å². The van der Waals surface area contributed by atoms with E-state index >= 15 is 0 Å². The van der Waals surface area contributed by atoms with E-state index in [1.807, 2.05) is 0 Å². The smallest absolute Gasteiger partial charge is 0.332 e. The summed E-state index contributed by atoms with van der Waals surface area (Å²) in [6, 6.07) is 0. The summed E-state index contributed by atoms with van der Waals surface area (Å²) < 4.78 is 4.75. The maximum atomic E-state index is 10.2. The summed E-state index contributed by atoms with van der Waals surface area (Å²) >= 11 is 0. The van der Waals surface area contributed by atoms with Crippen LogP contribution in [0.2, 0.25) is 0 Å². The van der Waals surface area contributed by atoms with E-state index in [-0.39, 0.29) is 13.2 Å². The van der Waals surface area contributed by atoms with Gasteiger partial charge in [0.1, 0.15) is 0 Å². The number of aliphatic hydroxyl groups excluding tert-OH is 1. The van der Waals surface area contributed by atoms with Gasteiger partial charge in [0.15, 0.2) is 6.10 Å². The number of carboxylic acids is 1. The van der Waals surface area contributed by atoms with Crippen molar-refractivity contribution in [2.75, 3.05) is 13.2 Å². The highest BCUT2D eigenvalue weighted by Gasteiger charge is 2.13. The molecular weight excluding hydrogens is 136 g/mol. The van der Waals surface area contributed by atoms with Gasteiger partial charge < -0.3 is 14.9 Å². The quantitative estimate of drug-likeness (QED) is 0.569. The summed E-state index contributed by atoms with van der Waals surface area (Å²) in [4.78, 5) is 10.2. The topological polar surface area (TPSA) is 66.8 Å². The van der Waals surface area contributed by atoms with Crippen LogP contribution in [-0.2, 0) is 9.53 Å². The number of carbonyl (C=O) groups is 1. The molecule has 0 heterocycles. The molecule has 4 nitrogen and oxygen atoms in total. The Morgan fingerprint density at radius 3 is 2.60 bits per heavy atom. The van der Waals surface area contributed by atoms with Crippen LogP contribution >= 0.6 is 0 Å². The summed E-state index contributed by atoms with van der Waals surface area (Å²) in [6.07, 6.45) is -0.345. The lowest BCUT2D eigenvalue weighted by atomic mass is 10.3. The van der Waals surface area contributed by atoms with Gasteiger partial charge in [-0.3, -0.25) is 0 Å². The molecule has 0 amide bonds. The van der Waals surface area contributed by atoms with Gasteiger partial charge in [-0.25, -0.2) is 4.79 Å². The van der Waals surface area contributed by atoms with Crippen molar-refractivity contribution >= 4 is 5.97 Å². The van der Waals surface area contributed by atoms with Crippen LogP contribution in [0, 0.1) is 0 Å². The standard InChI is InChI=1S/C6H12O4/c1-2-5(6(8)9)10-4-3-7/h5,7H,2-4H2,1H3,(H,8,9)/t5-/m1/s1. The van der Waals surface area contributed by atoms with Gasteiger partial charge in [-0.1, -0.05) is 6.92 Å². The largest absolute Gasteiger partial charge is 0.479 e. The molecule has 0 bridgehead atoms. The van der Waals surface area contributed by atoms with Gasteiger partial charge in [0, 0.05) is 0 Å². The number of aliphatic hydroxyl groups is 1. The third-order valence-corrected chi connectivity index (χ3v) is 1.06. The number of hydrogen-bond acceptors (Lipinski definition) is 3. The molecule has 0 aromatic rings. The number of hydrogen-bond donors (Lipinski definition) is 2. The minimum Gasteiger partial charge on any atom is -0.479 e. The number of aliphatic carboxylic acids is 1. The van der Waals surface area contributed by atoms with E-state index in [4.69, 9.17) is 14.9 Å². The Labute approximate surface area is 59.4 Å². The predicted octanol–water partition coefficient (Wildman–Crippen LogP) is -0.142. The van der Waals surface area contributed by atoms with E-state index in [9.17, 15) is 4.79 Å². The molecule has 2 N–H and O–H groups in total. The number of carboxylic acid groups (broad SMARTS) is 1. The maximum absolute atomic E-state index is 10.2. The van der Waals surface area contributed by atoms with Crippen molar-refractivity contribution in [2.24, 2.45) is 0 Å². The van der Waals surface area contributed by atoms with E-state index in [0.29, 0.717) is 6.42 Å². The average Bonchev–Trinajstić information content (AvgIpc) is 1.89. The van der Waals surface area contributed by atoms with Crippen molar-refractivity contribution in [2.45, 2.75) is 19.4 Å². The highest BCUT2D eigenvalue weighted by molar-refractivity contribution is 5.72. The van der Waals surface area contributed by atoms with E-state index in [1.165, 1.54) is 0 Å². The molecule has 10 heavy (non-hydrogen) atoms. The normalized spacial score (nSPS) is 13.0. The summed E-state index contributed by atoms with van der Waals surface area (Å²) in [5.74, 6) is -0.976. The van der Waals surface area contributed by atoms with Crippen LogP contribution in [-0.4, -0.2) is 35.5 Å². The second-order valence-corrected chi connectivity index (χ2v) is 1.83. The Morgan fingerprint density at radius 2 is 2.30 bits per heavy atom. The molecule has 60 valence electrons. The minimum absolute atomic E-state index is 0.0881. The average molecular weight is 148 g/mol. The lowest BCUT2D eigenvalue weighted by Gasteiger charge is -2.08. The van der Waals surface area contributed by atoms with E-state index in [2.05, 4.69) is 0 Å². The first kappa shape index (κ1) is 9.39. The summed E-state index contributed by atoms with van der Waals surface area (Å²) in [5.41, 5.74) is 0. The van der Waals surface area contributed by atoms with Crippen LogP contribution in [0.25, 0.3) is 0 Å². The van der Waals surface area contributed by atoms with Crippen LogP contribution in [0.3, 0.4) is 0 Å². The van der Waals surface area contributed by atoms with Crippen LogP contribution in [0.15, 0.2) is 0 Å². The molecule has 0 aliphatic carbocycles. The molecule has 0 fully saturated rings. The van der Waals surface area contributed by atoms with Gasteiger partial charge in [-0.05, 0) is 6.42 Å². The van der Waals surface area contributed by atoms with Crippen LogP contribution in [0.4, 0.5) is 0 Å². The van der Waals surface area contributed by atoms with Crippen LogP contribution in [0.1, 0.15) is 13.3 Å². The van der Waals surface area contributed by atoms with E-state index in [0.717, 1.165) is 0 Å². The highest BCUT2D eigenvalue weighted by atomic mass is 16.5. The zero-order valence-electron chi connectivity index (χ0n) is 5.91. The van der Waals surface area contributed by atoms with Gasteiger partial charge in [-0.15, -0.1) is 0 Å². The van der Waals surface area contributed by atoms with Crippen molar-refractivity contribution in [3.05, 3.63) is 0 Å². The molecule has 0 unspecified atom stereocenters. The SMILES string of the molecule is CC[C@@H](OCCO)C(=O)O. The first-order chi connectivity index (χ1) is 4.72. The second kappa shape index (κ2) is 5.20. The summed E-state index contributed by atoms with van der Waals surface area (Å²) in [7, 11) is 0. The summed E-state index contributed by atoms with van der Waals surface area (Å²) in [6.45, 7) is 1.67. The molecule has 0 saturated carbocycles. The molecule has 0 aromatic heterocycles. The molecule has 0 spiro atoms. The molecule has 0 aliphatic rings. The van der Waals surface area contributed by atoms with Crippen molar-refractivity contribution in [3.63, 3.8) is 0 Å². The monoisotopic (exact) mass is 148 g/mol. The minimum atomic E-state index is -0.976. The first-order valence-corrected chi connectivity index (χ1v) is 3.17. The molecule has 4 heteroatoms. The molecule has 0 rings (SSSR count). The lowest BCUT2D eigenvalue weighted by Crippen LogP contribution is -2.24. The van der Waals surface area contributed by atoms with Gasteiger partial charge in [0.2, 0.25) is 0 Å². The summed E-state index contributed by atoms with van der Waals surface area (Å²) in [5, 5.41) is 16.7. The van der Waals surface area contributed by atoms with Crippen molar-refractivity contribution in [3.8, 4) is 0 Å². The Morgan fingerprint density at radius 1 is 1.70 bits per heavy atom. The third kappa shape index (κ3) is 3.42. The van der Waals surface area contributed by atoms with Gasteiger partial charge in [0.25, 0.3) is 0 Å². The molecular formula is C6H12O4. The van der Waals surface area contributed by atoms with Crippen LogP contribution < -0.4 is 0 Å². The second-order valence-electron chi connectivity index (χ2n) is 1.83. The fourth-order valence-corrected chi connectivity index (χ4v) is 0.559. The van der Waals surface area contributed by atoms with E-state index < -0.39 is 12.1 Å². The number of rotatable bonds is 5. The highest BCUT2D eigenvalue weighted by Crippen LogP contribution is 1.96. The Hall–Kier alpha value is -0.610. The molecule has 0 aromatic carbocycles. The zero-order chi connectivity index (χ0) is 7.98. The van der Waals surface area contributed by atoms with Crippen molar-refractivity contribution in [1.82, 2.24) is 0 Å². The fraction of sp³-hybridized carbons (Fsp3) is 0.833. The van der Waals surface area contributed by atoms with Crippen LogP contribution in [0.5, 0.6) is 0 Å². The predicted molar refractivity (Wildman–Crippen MR) is 34.8 cm³/mol. The molecule has 0 aliphatic heterocycles. The lowest BCUT2D eigenvalue weighted by molar-refractivity contribution is -0.151. The van der Waals surface area contributed by atoms with Crippen molar-refractivity contribution < 1.29 is 19.7 Å². The number of ether oxygens (including phenoxy) is 1.